The molecule has 0 bridgehead atoms. The number of aromatic nitrogens is 3. The molecule has 10 heteroatoms. The fraction of sp³-hybridized carbons (Fsp3) is 0.435. The number of thiazole rings is 1. The Bertz CT molecular complexity index is 1130. The SMILES string of the molecule is Cc1nc(Cl)cc(Cc2nc(-c3cc(F)cc(C(F)(F)F)c3)c(CN3[C@H](C)CC[C@H]3C)s2)n1. The van der Waals surface area contributed by atoms with E-state index in [1.54, 1.807) is 13.0 Å². The molecule has 1 aromatic carbocycles. The van der Waals surface area contributed by atoms with Gasteiger partial charge in [0, 0.05) is 35.5 Å². The lowest BCUT2D eigenvalue weighted by atomic mass is 10.1. The zero-order valence-electron chi connectivity index (χ0n) is 18.4. The Balaban J connectivity index is 1.76. The van der Waals surface area contributed by atoms with Crippen LogP contribution in [-0.4, -0.2) is 31.9 Å². The molecule has 1 saturated heterocycles. The highest BCUT2D eigenvalue weighted by atomic mass is 35.5. The van der Waals surface area contributed by atoms with Crippen molar-refractivity contribution < 1.29 is 17.6 Å². The molecular formula is C23H23ClF4N4S. The highest BCUT2D eigenvalue weighted by Crippen LogP contribution is 2.37. The third-order valence-corrected chi connectivity index (χ3v) is 7.13. The van der Waals surface area contributed by atoms with E-state index in [2.05, 4.69) is 33.7 Å². The molecule has 2 aromatic heterocycles. The van der Waals surface area contributed by atoms with Gasteiger partial charge in [-0.3, -0.25) is 4.90 Å². The summed E-state index contributed by atoms with van der Waals surface area (Å²) in [6.45, 7) is 6.55. The van der Waals surface area contributed by atoms with Crippen molar-refractivity contribution in [1.29, 1.82) is 0 Å². The summed E-state index contributed by atoms with van der Waals surface area (Å²) in [7, 11) is 0. The molecule has 3 heterocycles. The van der Waals surface area contributed by atoms with Gasteiger partial charge in [0.2, 0.25) is 0 Å². The smallest absolute Gasteiger partial charge is 0.293 e. The number of likely N-dealkylation sites (tertiary alicyclic amines) is 1. The minimum Gasteiger partial charge on any atom is -0.293 e. The highest BCUT2D eigenvalue weighted by molar-refractivity contribution is 7.12. The molecule has 4 rings (SSSR count). The molecule has 1 aliphatic heterocycles. The van der Waals surface area contributed by atoms with Crippen molar-refractivity contribution in [2.45, 2.75) is 64.8 Å². The van der Waals surface area contributed by atoms with Gasteiger partial charge in [0.1, 0.15) is 16.8 Å². The van der Waals surface area contributed by atoms with E-state index in [1.165, 1.54) is 11.3 Å². The predicted molar refractivity (Wildman–Crippen MR) is 121 cm³/mol. The van der Waals surface area contributed by atoms with Crippen LogP contribution in [0.15, 0.2) is 24.3 Å². The Morgan fingerprint density at radius 3 is 2.39 bits per heavy atom. The first-order valence-electron chi connectivity index (χ1n) is 10.6. The summed E-state index contributed by atoms with van der Waals surface area (Å²) in [6, 6.07) is 4.92. The number of aryl methyl sites for hydroxylation is 1. The van der Waals surface area contributed by atoms with E-state index >= 15 is 0 Å². The van der Waals surface area contributed by atoms with Crippen LogP contribution in [0.1, 0.15) is 53.7 Å². The van der Waals surface area contributed by atoms with Crippen molar-refractivity contribution in [3.05, 3.63) is 62.2 Å². The monoisotopic (exact) mass is 498 g/mol. The lowest BCUT2D eigenvalue weighted by Crippen LogP contribution is -2.31. The second-order valence-corrected chi connectivity index (χ2v) is 10.0. The van der Waals surface area contributed by atoms with Crippen LogP contribution >= 0.6 is 22.9 Å². The largest absolute Gasteiger partial charge is 0.416 e. The van der Waals surface area contributed by atoms with Crippen molar-refractivity contribution in [2.75, 3.05) is 0 Å². The molecule has 0 saturated carbocycles. The molecule has 0 spiro atoms. The lowest BCUT2D eigenvalue weighted by Gasteiger charge is -2.25. The first kappa shape index (κ1) is 24.0. The average molecular weight is 499 g/mol. The summed E-state index contributed by atoms with van der Waals surface area (Å²) in [5.74, 6) is -0.421. The van der Waals surface area contributed by atoms with Gasteiger partial charge in [0.05, 0.1) is 22.0 Å². The third-order valence-electron chi connectivity index (χ3n) is 5.89. The molecule has 1 aliphatic rings. The third kappa shape index (κ3) is 5.53. The number of hydrogen-bond donors (Lipinski definition) is 0. The molecule has 2 atom stereocenters. The van der Waals surface area contributed by atoms with Crippen molar-refractivity contribution in [2.24, 2.45) is 0 Å². The van der Waals surface area contributed by atoms with E-state index in [9.17, 15) is 17.6 Å². The summed E-state index contributed by atoms with van der Waals surface area (Å²) < 4.78 is 54.2. The highest BCUT2D eigenvalue weighted by Gasteiger charge is 2.33. The van der Waals surface area contributed by atoms with Crippen molar-refractivity contribution in [3.8, 4) is 11.3 Å². The summed E-state index contributed by atoms with van der Waals surface area (Å²) in [4.78, 5) is 16.2. The first-order valence-corrected chi connectivity index (χ1v) is 11.8. The quantitative estimate of drug-likeness (QED) is 0.290. The lowest BCUT2D eigenvalue weighted by molar-refractivity contribution is -0.137. The van der Waals surface area contributed by atoms with Gasteiger partial charge in [-0.25, -0.2) is 19.3 Å². The molecule has 4 nitrogen and oxygen atoms in total. The maximum Gasteiger partial charge on any atom is 0.416 e. The summed E-state index contributed by atoms with van der Waals surface area (Å²) in [5, 5.41) is 0.987. The molecule has 3 aromatic rings. The molecule has 176 valence electrons. The molecular weight excluding hydrogens is 476 g/mol. The van der Waals surface area contributed by atoms with Gasteiger partial charge in [-0.1, -0.05) is 11.6 Å². The Labute approximate surface area is 198 Å². The Morgan fingerprint density at radius 1 is 1.06 bits per heavy atom. The Hall–Kier alpha value is -2.10. The molecule has 33 heavy (non-hydrogen) atoms. The zero-order valence-corrected chi connectivity index (χ0v) is 20.0. The van der Waals surface area contributed by atoms with Gasteiger partial charge in [0.25, 0.3) is 0 Å². The number of nitrogens with zero attached hydrogens (tertiary/aromatic N) is 4. The predicted octanol–water partition coefficient (Wildman–Crippen LogP) is 6.68. The maximum atomic E-state index is 14.2. The average Bonchev–Trinajstić information content (AvgIpc) is 3.24. The number of rotatable bonds is 5. The van der Waals surface area contributed by atoms with E-state index < -0.39 is 17.6 Å². The Morgan fingerprint density at radius 2 is 1.76 bits per heavy atom. The first-order chi connectivity index (χ1) is 15.5. The van der Waals surface area contributed by atoms with E-state index in [0.29, 0.717) is 58.5 Å². The molecule has 0 N–H and O–H groups in total. The van der Waals surface area contributed by atoms with Crippen molar-refractivity contribution in [3.63, 3.8) is 0 Å². The van der Waals surface area contributed by atoms with Crippen molar-refractivity contribution in [1.82, 2.24) is 19.9 Å². The molecule has 0 radical (unpaired) electrons. The maximum absolute atomic E-state index is 14.2. The van der Waals surface area contributed by atoms with E-state index in [4.69, 9.17) is 11.6 Å². The van der Waals surface area contributed by atoms with Gasteiger partial charge in [-0.15, -0.1) is 11.3 Å². The van der Waals surface area contributed by atoms with Crippen LogP contribution in [0, 0.1) is 12.7 Å². The number of alkyl halides is 3. The van der Waals surface area contributed by atoms with Crippen LogP contribution in [0.2, 0.25) is 5.15 Å². The van der Waals surface area contributed by atoms with Gasteiger partial charge < -0.3 is 0 Å². The van der Waals surface area contributed by atoms with Crippen LogP contribution in [-0.2, 0) is 19.1 Å². The molecule has 0 unspecified atom stereocenters. The zero-order chi connectivity index (χ0) is 23.9. The van der Waals surface area contributed by atoms with Crippen LogP contribution in [0.5, 0.6) is 0 Å². The second-order valence-electron chi connectivity index (χ2n) is 8.46. The normalized spacial score (nSPS) is 19.4. The molecule has 1 fully saturated rings. The van der Waals surface area contributed by atoms with E-state index in [0.717, 1.165) is 29.9 Å². The minimum atomic E-state index is -4.65. The van der Waals surface area contributed by atoms with Gasteiger partial charge in [-0.05, 0) is 57.9 Å². The number of benzene rings is 1. The fourth-order valence-corrected chi connectivity index (χ4v) is 5.62. The van der Waals surface area contributed by atoms with Crippen LogP contribution in [0.3, 0.4) is 0 Å². The van der Waals surface area contributed by atoms with Gasteiger partial charge >= 0.3 is 6.18 Å². The number of halogens is 5. The topological polar surface area (TPSA) is 41.9 Å². The van der Waals surface area contributed by atoms with E-state index in [1.807, 2.05) is 0 Å². The fourth-order valence-electron chi connectivity index (χ4n) is 4.26. The summed E-state index contributed by atoms with van der Waals surface area (Å²) >= 11 is 7.46. The van der Waals surface area contributed by atoms with Gasteiger partial charge in [0.15, 0.2) is 0 Å². The summed E-state index contributed by atoms with van der Waals surface area (Å²) in [5.41, 5.74) is 0.135. The Kier molecular flexibility index (Phi) is 6.75. The summed E-state index contributed by atoms with van der Waals surface area (Å²) in [6.07, 6.45) is -2.19. The molecule has 0 amide bonds. The van der Waals surface area contributed by atoms with Crippen molar-refractivity contribution >= 4 is 22.9 Å². The number of hydrogen-bond acceptors (Lipinski definition) is 5. The van der Waals surface area contributed by atoms with Gasteiger partial charge in [-0.2, -0.15) is 13.2 Å². The van der Waals surface area contributed by atoms with Crippen LogP contribution < -0.4 is 0 Å². The second kappa shape index (κ2) is 9.27. The van der Waals surface area contributed by atoms with E-state index in [-0.39, 0.29) is 5.56 Å². The van der Waals surface area contributed by atoms with Crippen LogP contribution in [0.25, 0.3) is 11.3 Å². The molecule has 0 aliphatic carbocycles. The minimum absolute atomic E-state index is 0.122. The van der Waals surface area contributed by atoms with Crippen LogP contribution in [0.4, 0.5) is 17.6 Å². The standard InChI is InChI=1S/C23H23ClF4N4S/c1-12-4-5-13(2)32(12)11-19-22(15-6-16(23(26,27)28)8-17(25)7-15)31-21(33-19)10-18-9-20(24)30-14(3)29-18/h6-9,12-13H,4-5,10-11H2,1-3H3/t12-,13-/m1/s1.